The maximum absolute atomic E-state index is 5.95. The van der Waals surface area contributed by atoms with Crippen LogP contribution in [0.2, 0.25) is 5.02 Å². The molecule has 0 saturated carbocycles. The molecular formula is C23H35ClIN5O. The fourth-order valence-electron chi connectivity index (χ4n) is 3.66. The van der Waals surface area contributed by atoms with Crippen LogP contribution in [0.15, 0.2) is 33.7 Å². The molecule has 2 heterocycles. The van der Waals surface area contributed by atoms with Gasteiger partial charge in [-0.3, -0.25) is 9.89 Å². The molecule has 0 unspecified atom stereocenters. The van der Waals surface area contributed by atoms with Crippen molar-refractivity contribution in [2.75, 3.05) is 32.7 Å². The van der Waals surface area contributed by atoms with Gasteiger partial charge >= 0.3 is 0 Å². The molecule has 0 amide bonds. The lowest BCUT2D eigenvalue weighted by molar-refractivity contribution is 0.166. The van der Waals surface area contributed by atoms with Gasteiger partial charge in [-0.25, -0.2) is 4.98 Å². The van der Waals surface area contributed by atoms with Crippen molar-refractivity contribution in [3.05, 3.63) is 52.2 Å². The third kappa shape index (κ3) is 8.61. The number of benzene rings is 1. The highest BCUT2D eigenvalue weighted by atomic mass is 127. The molecule has 1 aromatic carbocycles. The van der Waals surface area contributed by atoms with Crippen LogP contribution in [-0.4, -0.2) is 48.6 Å². The summed E-state index contributed by atoms with van der Waals surface area (Å²) in [4.78, 5) is 11.8. The monoisotopic (exact) mass is 559 g/mol. The number of aliphatic imine (C=N–C) groups is 1. The van der Waals surface area contributed by atoms with E-state index in [1.165, 1.54) is 5.56 Å². The van der Waals surface area contributed by atoms with Gasteiger partial charge in [-0.2, -0.15) is 0 Å². The molecule has 31 heavy (non-hydrogen) atoms. The van der Waals surface area contributed by atoms with Crippen LogP contribution in [0.5, 0.6) is 0 Å². The number of guanidine groups is 1. The predicted octanol–water partition coefficient (Wildman–Crippen LogP) is 4.57. The van der Waals surface area contributed by atoms with Crippen molar-refractivity contribution in [2.24, 2.45) is 10.9 Å². The van der Waals surface area contributed by atoms with Crippen molar-refractivity contribution in [3.63, 3.8) is 0 Å². The number of rotatable bonds is 8. The highest BCUT2D eigenvalue weighted by Crippen LogP contribution is 2.20. The molecule has 172 valence electrons. The zero-order chi connectivity index (χ0) is 21.3. The Morgan fingerprint density at radius 2 is 1.90 bits per heavy atom. The van der Waals surface area contributed by atoms with Gasteiger partial charge in [0.1, 0.15) is 5.76 Å². The second-order valence-electron chi connectivity index (χ2n) is 7.99. The Labute approximate surface area is 208 Å². The number of nitrogens with one attached hydrogen (secondary N) is 2. The van der Waals surface area contributed by atoms with Gasteiger partial charge in [0, 0.05) is 24.7 Å². The molecule has 0 aliphatic carbocycles. The molecule has 3 rings (SSSR count). The minimum absolute atomic E-state index is 0. The first-order valence-corrected chi connectivity index (χ1v) is 11.3. The van der Waals surface area contributed by atoms with Gasteiger partial charge in [0.15, 0.2) is 5.96 Å². The fourth-order valence-corrected chi connectivity index (χ4v) is 3.79. The predicted molar refractivity (Wildman–Crippen MR) is 139 cm³/mol. The normalized spacial score (nSPS) is 15.5. The Kier molecular flexibility index (Phi) is 11.1. The number of aryl methyl sites for hydroxylation is 2. The van der Waals surface area contributed by atoms with Gasteiger partial charge < -0.3 is 15.1 Å². The van der Waals surface area contributed by atoms with Crippen molar-refractivity contribution in [1.29, 1.82) is 0 Å². The minimum atomic E-state index is 0. The molecule has 2 N–H and O–H groups in total. The van der Waals surface area contributed by atoms with Gasteiger partial charge in [-0.05, 0) is 76.7 Å². The topological polar surface area (TPSA) is 65.7 Å². The van der Waals surface area contributed by atoms with Gasteiger partial charge in [0.2, 0.25) is 5.89 Å². The third-order valence-corrected chi connectivity index (χ3v) is 5.86. The molecule has 8 heteroatoms. The highest BCUT2D eigenvalue weighted by Gasteiger charge is 2.20. The molecule has 6 nitrogen and oxygen atoms in total. The summed E-state index contributed by atoms with van der Waals surface area (Å²) in [5.41, 5.74) is 2.26. The summed E-state index contributed by atoms with van der Waals surface area (Å²) < 4.78 is 5.73. The summed E-state index contributed by atoms with van der Waals surface area (Å²) in [6.07, 6.45) is 3.26. The van der Waals surface area contributed by atoms with E-state index < -0.39 is 0 Å². The van der Waals surface area contributed by atoms with Crippen LogP contribution in [0.3, 0.4) is 0 Å². The average Bonchev–Trinajstić information content (AvgIpc) is 3.05. The molecule has 0 spiro atoms. The summed E-state index contributed by atoms with van der Waals surface area (Å²) in [6.45, 7) is 11.6. The lowest BCUT2D eigenvalue weighted by Crippen LogP contribution is -2.39. The zero-order valence-electron chi connectivity index (χ0n) is 18.8. The van der Waals surface area contributed by atoms with Crippen molar-refractivity contribution >= 4 is 41.5 Å². The molecule has 2 aromatic rings. The van der Waals surface area contributed by atoms with Crippen LogP contribution >= 0.6 is 35.6 Å². The van der Waals surface area contributed by atoms with Gasteiger partial charge in [-0.15, -0.1) is 24.0 Å². The Hall–Kier alpha value is -1.32. The molecule has 1 aromatic heterocycles. The van der Waals surface area contributed by atoms with E-state index in [0.29, 0.717) is 5.92 Å². The van der Waals surface area contributed by atoms with Crippen LogP contribution < -0.4 is 10.6 Å². The summed E-state index contributed by atoms with van der Waals surface area (Å²) in [6, 6.07) is 8.02. The van der Waals surface area contributed by atoms with E-state index in [9.17, 15) is 0 Å². The van der Waals surface area contributed by atoms with Crippen molar-refractivity contribution < 1.29 is 4.42 Å². The van der Waals surface area contributed by atoms with E-state index in [4.69, 9.17) is 21.0 Å². The maximum atomic E-state index is 5.95. The molecule has 0 radical (unpaired) electrons. The van der Waals surface area contributed by atoms with Crippen LogP contribution in [0.25, 0.3) is 0 Å². The number of hydrogen-bond acceptors (Lipinski definition) is 4. The van der Waals surface area contributed by atoms with Crippen LogP contribution in [-0.2, 0) is 13.0 Å². The summed E-state index contributed by atoms with van der Waals surface area (Å²) in [5.74, 6) is 3.29. The van der Waals surface area contributed by atoms with Gasteiger partial charge in [0.05, 0.1) is 12.2 Å². The number of oxazole rings is 1. The largest absolute Gasteiger partial charge is 0.444 e. The van der Waals surface area contributed by atoms with E-state index >= 15 is 0 Å². The van der Waals surface area contributed by atoms with Gasteiger partial charge in [-0.1, -0.05) is 23.7 Å². The zero-order valence-corrected chi connectivity index (χ0v) is 21.9. The lowest BCUT2D eigenvalue weighted by atomic mass is 9.97. The summed E-state index contributed by atoms with van der Waals surface area (Å²) in [7, 11) is 0. The number of hydrogen-bond donors (Lipinski definition) is 2. The van der Waals surface area contributed by atoms with Crippen molar-refractivity contribution in [3.8, 4) is 0 Å². The summed E-state index contributed by atoms with van der Waals surface area (Å²) >= 11 is 5.95. The van der Waals surface area contributed by atoms with E-state index in [0.717, 1.165) is 86.9 Å². The fraction of sp³-hybridized carbons (Fsp3) is 0.565. The molecular weight excluding hydrogens is 525 g/mol. The molecule has 1 aliphatic rings. The number of nitrogens with zero attached hydrogens (tertiary/aromatic N) is 3. The van der Waals surface area contributed by atoms with Crippen LogP contribution in [0, 0.1) is 19.8 Å². The molecule has 1 aliphatic heterocycles. The molecule has 1 saturated heterocycles. The Bertz CT molecular complexity index is 796. The highest BCUT2D eigenvalue weighted by molar-refractivity contribution is 14.0. The molecule has 1 fully saturated rings. The number of piperidine rings is 1. The maximum Gasteiger partial charge on any atom is 0.208 e. The van der Waals surface area contributed by atoms with Crippen LogP contribution in [0.4, 0.5) is 0 Å². The van der Waals surface area contributed by atoms with E-state index in [1.54, 1.807) is 0 Å². The second kappa shape index (κ2) is 13.3. The first-order chi connectivity index (χ1) is 14.5. The average molecular weight is 560 g/mol. The molecule has 0 atom stereocenters. The van der Waals surface area contributed by atoms with E-state index in [2.05, 4.69) is 39.6 Å². The van der Waals surface area contributed by atoms with E-state index in [1.807, 2.05) is 26.0 Å². The Morgan fingerprint density at radius 3 is 2.52 bits per heavy atom. The minimum Gasteiger partial charge on any atom is -0.444 e. The van der Waals surface area contributed by atoms with Crippen LogP contribution in [0.1, 0.15) is 42.7 Å². The number of likely N-dealkylation sites (tertiary alicyclic amines) is 1. The van der Waals surface area contributed by atoms with Crippen molar-refractivity contribution in [2.45, 2.75) is 46.6 Å². The Morgan fingerprint density at radius 1 is 1.19 bits per heavy atom. The Balaban J connectivity index is 0.00000341. The second-order valence-corrected chi connectivity index (χ2v) is 8.43. The first kappa shape index (κ1) is 25.9. The number of halogens is 2. The standard InChI is InChI=1S/C23H34ClN5O.HI/c1-4-25-23(26-12-9-19-5-7-21(24)8-6-19)27-15-20-10-13-29(14-11-20)16-22-28-17(2)18(3)30-22;/h5-8,20H,4,9-16H2,1-3H3,(H2,25,26,27);1H. The van der Waals surface area contributed by atoms with E-state index in [-0.39, 0.29) is 24.0 Å². The number of aromatic nitrogens is 1. The quantitative estimate of drug-likeness (QED) is 0.282. The van der Waals surface area contributed by atoms with Gasteiger partial charge in [0.25, 0.3) is 0 Å². The third-order valence-electron chi connectivity index (χ3n) is 5.61. The summed E-state index contributed by atoms with van der Waals surface area (Å²) in [5, 5.41) is 7.58. The van der Waals surface area contributed by atoms with Crippen molar-refractivity contribution in [1.82, 2.24) is 20.5 Å². The first-order valence-electron chi connectivity index (χ1n) is 11.0. The molecule has 0 bridgehead atoms. The SMILES string of the molecule is CCNC(=NCC1CCN(Cc2nc(C)c(C)o2)CC1)NCCc1ccc(Cl)cc1.I. The smallest absolute Gasteiger partial charge is 0.208 e. The lowest BCUT2D eigenvalue weighted by Gasteiger charge is -2.30.